The van der Waals surface area contributed by atoms with Crippen molar-refractivity contribution >= 4 is 15.7 Å². The Labute approximate surface area is 145 Å². The molecule has 3 rings (SSSR count). The third-order valence-corrected chi connectivity index (χ3v) is 4.92. The maximum atomic E-state index is 12.7. The number of aryl methyl sites for hydroxylation is 2. The Bertz CT molecular complexity index is 977. The number of alkyl halides is 1. The minimum atomic E-state index is -3.86. The van der Waals surface area contributed by atoms with Gasteiger partial charge in [-0.1, -0.05) is 12.1 Å². The van der Waals surface area contributed by atoms with Crippen LogP contribution in [0.2, 0.25) is 0 Å². The number of benzene rings is 1. The van der Waals surface area contributed by atoms with Gasteiger partial charge in [-0.05, 0) is 43.2 Å². The lowest BCUT2D eigenvalue weighted by Gasteiger charge is -2.11. The molecular formula is C17H17FN4O2S. The summed E-state index contributed by atoms with van der Waals surface area (Å²) in [6.07, 6.45) is 3.96. The third-order valence-electron chi connectivity index (χ3n) is 3.56. The van der Waals surface area contributed by atoms with E-state index in [1.807, 2.05) is 19.9 Å². The normalized spacial score (nSPS) is 11.5. The first kappa shape index (κ1) is 17.1. The van der Waals surface area contributed by atoms with Gasteiger partial charge in [0.25, 0.3) is 10.0 Å². The molecule has 0 amide bonds. The number of rotatable bonds is 5. The average Bonchev–Trinajstić information content (AvgIpc) is 3.04. The maximum absolute atomic E-state index is 12.7. The number of anilines is 1. The van der Waals surface area contributed by atoms with E-state index in [9.17, 15) is 12.8 Å². The Morgan fingerprint density at radius 2 is 1.84 bits per heavy atom. The smallest absolute Gasteiger partial charge is 0.278 e. The second-order valence-corrected chi connectivity index (χ2v) is 7.37. The third kappa shape index (κ3) is 3.69. The van der Waals surface area contributed by atoms with Gasteiger partial charge in [0.2, 0.25) is 0 Å². The monoisotopic (exact) mass is 360 g/mol. The number of halogens is 1. The van der Waals surface area contributed by atoms with Gasteiger partial charge in [0.1, 0.15) is 18.8 Å². The van der Waals surface area contributed by atoms with Crippen molar-refractivity contribution in [2.45, 2.75) is 25.5 Å². The van der Waals surface area contributed by atoms with Crippen LogP contribution in [0.3, 0.4) is 0 Å². The van der Waals surface area contributed by atoms with Crippen LogP contribution in [0.15, 0.2) is 54.1 Å². The molecule has 0 saturated heterocycles. The first-order valence-corrected chi connectivity index (χ1v) is 9.02. The lowest BCUT2D eigenvalue weighted by molar-refractivity contribution is 0.484. The highest BCUT2D eigenvalue weighted by Crippen LogP contribution is 2.20. The summed E-state index contributed by atoms with van der Waals surface area (Å²) >= 11 is 0. The number of nitrogens with one attached hydrogen (secondary N) is 1. The molecule has 6 nitrogen and oxygen atoms in total. The van der Waals surface area contributed by atoms with Crippen LogP contribution >= 0.6 is 0 Å². The zero-order valence-corrected chi connectivity index (χ0v) is 14.6. The summed E-state index contributed by atoms with van der Waals surface area (Å²) in [5.74, 6) is 0.343. The molecule has 3 aromatic rings. The Balaban J connectivity index is 1.97. The highest BCUT2D eigenvalue weighted by Gasteiger charge is 2.21. The molecule has 8 heteroatoms. The first-order chi connectivity index (χ1) is 11.9. The molecule has 0 spiro atoms. The Morgan fingerprint density at radius 1 is 1.12 bits per heavy atom. The summed E-state index contributed by atoms with van der Waals surface area (Å²) in [4.78, 5) is 8.01. The minimum Gasteiger partial charge on any atom is -0.278 e. The number of hydrogen-bond acceptors (Lipinski definition) is 4. The fourth-order valence-electron chi connectivity index (χ4n) is 2.53. The Kier molecular flexibility index (Phi) is 4.54. The summed E-state index contributed by atoms with van der Waals surface area (Å²) in [6, 6.07) is 8.56. The van der Waals surface area contributed by atoms with Crippen LogP contribution in [0.1, 0.15) is 16.7 Å². The number of imidazole rings is 1. The van der Waals surface area contributed by atoms with E-state index < -0.39 is 16.7 Å². The lowest BCUT2D eigenvalue weighted by atomic mass is 10.1. The molecule has 1 N–H and O–H groups in total. The van der Waals surface area contributed by atoms with Crippen LogP contribution in [0.4, 0.5) is 10.1 Å². The summed E-state index contributed by atoms with van der Waals surface area (Å²) < 4.78 is 42.0. The predicted octanol–water partition coefficient (Wildman–Crippen LogP) is 3.15. The molecule has 0 aliphatic rings. The summed E-state index contributed by atoms with van der Waals surface area (Å²) in [5, 5.41) is -0.0489. The maximum Gasteiger partial charge on any atom is 0.279 e. The standard InChI is InChI=1S/C17H17FN4O2S/c1-12-5-13(2)7-15(6-12)21-25(23,24)17-10-19-11-22(17)16-4-3-14(8-18)9-20-16/h3-7,9-11,21H,8H2,1-2H3. The molecule has 1 aromatic carbocycles. The molecule has 0 radical (unpaired) electrons. The lowest BCUT2D eigenvalue weighted by Crippen LogP contribution is -2.17. The molecule has 0 unspecified atom stereocenters. The van der Waals surface area contributed by atoms with Crippen molar-refractivity contribution in [1.82, 2.24) is 14.5 Å². The van der Waals surface area contributed by atoms with E-state index in [2.05, 4.69) is 14.7 Å². The molecule has 25 heavy (non-hydrogen) atoms. The van der Waals surface area contributed by atoms with Gasteiger partial charge in [0, 0.05) is 17.4 Å². The van der Waals surface area contributed by atoms with Gasteiger partial charge >= 0.3 is 0 Å². The number of pyridine rings is 1. The van der Waals surface area contributed by atoms with Crippen LogP contribution in [-0.4, -0.2) is 23.0 Å². The topological polar surface area (TPSA) is 76.9 Å². The van der Waals surface area contributed by atoms with Crippen molar-refractivity contribution < 1.29 is 12.8 Å². The van der Waals surface area contributed by atoms with E-state index in [-0.39, 0.29) is 5.03 Å². The number of sulfonamides is 1. The van der Waals surface area contributed by atoms with Gasteiger partial charge in [-0.15, -0.1) is 0 Å². The molecule has 0 atom stereocenters. The van der Waals surface area contributed by atoms with E-state index in [4.69, 9.17) is 0 Å². The molecule has 0 bridgehead atoms. The van der Waals surface area contributed by atoms with E-state index in [0.29, 0.717) is 17.1 Å². The van der Waals surface area contributed by atoms with Crippen LogP contribution < -0.4 is 4.72 Å². The average molecular weight is 360 g/mol. The SMILES string of the molecule is Cc1cc(C)cc(NS(=O)(=O)c2cncn2-c2ccc(CF)cn2)c1. The van der Waals surface area contributed by atoms with E-state index in [1.165, 1.54) is 23.3 Å². The predicted molar refractivity (Wildman–Crippen MR) is 92.9 cm³/mol. The second-order valence-electron chi connectivity index (χ2n) is 5.74. The number of nitrogens with zero attached hydrogens (tertiary/aromatic N) is 3. The summed E-state index contributed by atoms with van der Waals surface area (Å²) in [7, 11) is -3.86. The van der Waals surface area contributed by atoms with Crippen LogP contribution in [0.25, 0.3) is 5.82 Å². The van der Waals surface area contributed by atoms with Gasteiger partial charge in [-0.2, -0.15) is 8.42 Å². The van der Waals surface area contributed by atoms with Crippen molar-refractivity contribution in [3.63, 3.8) is 0 Å². The van der Waals surface area contributed by atoms with Crippen molar-refractivity contribution in [3.8, 4) is 5.82 Å². The largest absolute Gasteiger partial charge is 0.279 e. The molecule has 0 saturated carbocycles. The van der Waals surface area contributed by atoms with Crippen LogP contribution in [0.5, 0.6) is 0 Å². The number of hydrogen-bond donors (Lipinski definition) is 1. The Hall–Kier alpha value is -2.74. The minimum absolute atomic E-state index is 0.0489. The molecule has 0 aliphatic carbocycles. The van der Waals surface area contributed by atoms with Crippen LogP contribution in [0, 0.1) is 13.8 Å². The molecule has 0 aliphatic heterocycles. The van der Waals surface area contributed by atoms with E-state index in [1.54, 1.807) is 24.3 Å². The molecule has 0 fully saturated rings. The van der Waals surface area contributed by atoms with Crippen molar-refractivity contribution in [2.75, 3.05) is 4.72 Å². The summed E-state index contributed by atoms with van der Waals surface area (Å²) in [6.45, 7) is 3.16. The fourth-order valence-corrected chi connectivity index (χ4v) is 3.67. The van der Waals surface area contributed by atoms with Gasteiger partial charge in [0.15, 0.2) is 5.03 Å². The molecule has 2 heterocycles. The molecular weight excluding hydrogens is 343 g/mol. The molecule has 2 aromatic heterocycles. The van der Waals surface area contributed by atoms with E-state index >= 15 is 0 Å². The Morgan fingerprint density at radius 3 is 2.44 bits per heavy atom. The highest BCUT2D eigenvalue weighted by atomic mass is 32.2. The quantitative estimate of drug-likeness (QED) is 0.758. The van der Waals surface area contributed by atoms with Gasteiger partial charge in [-0.3, -0.25) is 9.29 Å². The second kappa shape index (κ2) is 6.64. The van der Waals surface area contributed by atoms with E-state index in [0.717, 1.165) is 11.1 Å². The zero-order valence-electron chi connectivity index (χ0n) is 13.8. The first-order valence-electron chi connectivity index (χ1n) is 7.54. The van der Waals surface area contributed by atoms with Crippen molar-refractivity contribution in [3.05, 3.63) is 65.7 Å². The highest BCUT2D eigenvalue weighted by molar-refractivity contribution is 7.92. The van der Waals surface area contributed by atoms with Gasteiger partial charge < -0.3 is 0 Å². The summed E-state index contributed by atoms with van der Waals surface area (Å²) in [5.41, 5.74) is 2.80. The fraction of sp³-hybridized carbons (Fsp3) is 0.176. The van der Waals surface area contributed by atoms with Crippen LogP contribution in [-0.2, 0) is 16.7 Å². The van der Waals surface area contributed by atoms with Gasteiger partial charge in [-0.25, -0.2) is 14.4 Å². The van der Waals surface area contributed by atoms with Gasteiger partial charge in [0.05, 0.1) is 6.20 Å². The molecule has 130 valence electrons. The number of aromatic nitrogens is 3. The van der Waals surface area contributed by atoms with Crippen molar-refractivity contribution in [1.29, 1.82) is 0 Å². The van der Waals surface area contributed by atoms with Crippen molar-refractivity contribution in [2.24, 2.45) is 0 Å². The zero-order chi connectivity index (χ0) is 18.0.